The van der Waals surface area contributed by atoms with Crippen molar-refractivity contribution >= 4 is 29.3 Å². The molecule has 8 heteroatoms. The number of urea groups is 1. The molecule has 0 atom stereocenters. The van der Waals surface area contributed by atoms with Gasteiger partial charge in [-0.25, -0.2) is 15.1 Å². The molecule has 3 N–H and O–H groups in total. The number of anilines is 1. The van der Waals surface area contributed by atoms with Gasteiger partial charge in [-0.05, 0) is 18.2 Å². The number of nitriles is 1. The third-order valence-corrected chi connectivity index (χ3v) is 2.03. The molecular weight excluding hydrogens is 262 g/mol. The molecule has 0 aromatic heterocycles. The standard InChI is InChI=1S/C10H8ClN3O4/c11-7-2-1-6(4-12)3-8(7)13-10(17)14-18-5-9(15)16/h1-3H,5H2,(H,15,16)(H2,13,14,17). The maximum atomic E-state index is 11.3. The molecule has 1 aromatic rings. The largest absolute Gasteiger partial charge is 0.479 e. The average molecular weight is 270 g/mol. The summed E-state index contributed by atoms with van der Waals surface area (Å²) in [6.45, 7) is -0.667. The Morgan fingerprint density at radius 1 is 1.50 bits per heavy atom. The first-order valence-corrected chi connectivity index (χ1v) is 5.01. The molecule has 18 heavy (non-hydrogen) atoms. The number of carbonyl (C=O) groups excluding carboxylic acids is 1. The van der Waals surface area contributed by atoms with E-state index in [1.807, 2.05) is 11.5 Å². The number of halogens is 1. The van der Waals surface area contributed by atoms with Gasteiger partial charge in [-0.15, -0.1) is 0 Å². The van der Waals surface area contributed by atoms with Gasteiger partial charge in [0, 0.05) is 0 Å². The number of carboxylic acid groups (broad SMARTS) is 1. The minimum atomic E-state index is -1.22. The van der Waals surface area contributed by atoms with Crippen molar-refractivity contribution < 1.29 is 19.5 Å². The summed E-state index contributed by atoms with van der Waals surface area (Å²) < 4.78 is 0. The van der Waals surface area contributed by atoms with Crippen LogP contribution >= 0.6 is 11.6 Å². The summed E-state index contributed by atoms with van der Waals surface area (Å²) in [5, 5.41) is 19.5. The first-order valence-electron chi connectivity index (χ1n) is 4.63. The van der Waals surface area contributed by atoms with E-state index in [2.05, 4.69) is 10.2 Å². The Morgan fingerprint density at radius 3 is 2.83 bits per heavy atom. The molecule has 0 bridgehead atoms. The van der Waals surface area contributed by atoms with Gasteiger partial charge in [-0.3, -0.25) is 4.84 Å². The smallest absolute Gasteiger partial charge is 0.343 e. The van der Waals surface area contributed by atoms with Crippen molar-refractivity contribution in [3.05, 3.63) is 28.8 Å². The number of nitrogens with one attached hydrogen (secondary N) is 2. The molecule has 1 rings (SSSR count). The van der Waals surface area contributed by atoms with Crippen LogP contribution in [0.15, 0.2) is 18.2 Å². The SMILES string of the molecule is N#Cc1ccc(Cl)c(NC(=O)NOCC(=O)O)c1. The van der Waals surface area contributed by atoms with Gasteiger partial charge in [-0.2, -0.15) is 5.26 Å². The highest BCUT2D eigenvalue weighted by molar-refractivity contribution is 6.33. The molecule has 0 fully saturated rings. The Kier molecular flexibility index (Phi) is 4.92. The van der Waals surface area contributed by atoms with Crippen molar-refractivity contribution in [1.82, 2.24) is 5.48 Å². The second-order valence-electron chi connectivity index (χ2n) is 3.05. The number of hydrogen-bond donors (Lipinski definition) is 3. The van der Waals surface area contributed by atoms with Crippen molar-refractivity contribution in [2.45, 2.75) is 0 Å². The van der Waals surface area contributed by atoms with Crippen LogP contribution in [-0.4, -0.2) is 23.7 Å². The van der Waals surface area contributed by atoms with Gasteiger partial charge in [0.15, 0.2) is 6.61 Å². The fourth-order valence-electron chi connectivity index (χ4n) is 1.00. The lowest BCUT2D eigenvalue weighted by molar-refractivity contribution is -0.143. The number of benzene rings is 1. The van der Waals surface area contributed by atoms with Crippen LogP contribution in [0.25, 0.3) is 0 Å². The van der Waals surface area contributed by atoms with E-state index in [4.69, 9.17) is 22.0 Å². The highest BCUT2D eigenvalue weighted by Crippen LogP contribution is 2.22. The molecule has 0 unspecified atom stereocenters. The molecule has 1 aromatic carbocycles. The molecule has 0 heterocycles. The highest BCUT2D eigenvalue weighted by Gasteiger charge is 2.07. The normalized spacial score (nSPS) is 9.33. The van der Waals surface area contributed by atoms with Gasteiger partial charge in [0.1, 0.15) is 0 Å². The number of rotatable bonds is 4. The summed E-state index contributed by atoms with van der Waals surface area (Å²) in [4.78, 5) is 25.7. The van der Waals surface area contributed by atoms with Gasteiger partial charge in [0.25, 0.3) is 0 Å². The van der Waals surface area contributed by atoms with Crippen LogP contribution in [0.5, 0.6) is 0 Å². The Balaban J connectivity index is 2.59. The number of carboxylic acids is 1. The molecule has 94 valence electrons. The minimum Gasteiger partial charge on any atom is -0.479 e. The molecule has 2 amide bonds. The molecule has 0 aliphatic rings. The molecular formula is C10H8ClN3O4. The van der Waals surface area contributed by atoms with E-state index in [-0.39, 0.29) is 10.7 Å². The quantitative estimate of drug-likeness (QED) is 0.714. The Hall–Kier alpha value is -2.30. The molecule has 7 nitrogen and oxygen atoms in total. The predicted octanol–water partition coefficient (Wildman–Crippen LogP) is 1.35. The number of hydrogen-bond acceptors (Lipinski definition) is 4. The minimum absolute atomic E-state index is 0.215. The molecule has 0 aliphatic carbocycles. The fourth-order valence-corrected chi connectivity index (χ4v) is 1.17. The van der Waals surface area contributed by atoms with Gasteiger partial charge in [0.05, 0.1) is 22.3 Å². The number of nitrogens with zero attached hydrogens (tertiary/aromatic N) is 1. The second kappa shape index (κ2) is 6.44. The maximum Gasteiger partial charge on any atom is 0.343 e. The van der Waals surface area contributed by atoms with E-state index in [9.17, 15) is 9.59 Å². The number of amides is 2. The zero-order chi connectivity index (χ0) is 13.5. The Bertz CT molecular complexity index is 512. The topological polar surface area (TPSA) is 111 Å². The van der Waals surface area contributed by atoms with E-state index in [0.29, 0.717) is 5.56 Å². The van der Waals surface area contributed by atoms with E-state index in [0.717, 1.165) is 0 Å². The third kappa shape index (κ3) is 4.29. The Labute approximate surface area is 107 Å². The molecule has 0 radical (unpaired) electrons. The zero-order valence-electron chi connectivity index (χ0n) is 8.94. The second-order valence-corrected chi connectivity index (χ2v) is 3.45. The summed E-state index contributed by atoms with van der Waals surface area (Å²) >= 11 is 5.79. The first kappa shape index (κ1) is 13.8. The lowest BCUT2D eigenvalue weighted by Gasteiger charge is -2.08. The van der Waals surface area contributed by atoms with Crippen molar-refractivity contribution in [1.29, 1.82) is 5.26 Å². The van der Waals surface area contributed by atoms with Crippen molar-refractivity contribution in [3.63, 3.8) is 0 Å². The van der Waals surface area contributed by atoms with Crippen LogP contribution in [-0.2, 0) is 9.63 Å². The summed E-state index contributed by atoms with van der Waals surface area (Å²) in [7, 11) is 0. The first-order chi connectivity index (χ1) is 8.52. The third-order valence-electron chi connectivity index (χ3n) is 1.70. The lowest BCUT2D eigenvalue weighted by Crippen LogP contribution is -2.30. The van der Waals surface area contributed by atoms with E-state index < -0.39 is 18.6 Å². The molecule has 0 spiro atoms. The van der Waals surface area contributed by atoms with Gasteiger partial charge in [-0.1, -0.05) is 11.6 Å². The van der Waals surface area contributed by atoms with Crippen LogP contribution in [0.2, 0.25) is 5.02 Å². The summed E-state index contributed by atoms with van der Waals surface area (Å²) in [5.41, 5.74) is 2.39. The summed E-state index contributed by atoms with van der Waals surface area (Å²) in [5.74, 6) is -1.22. The van der Waals surface area contributed by atoms with Crippen LogP contribution in [0.1, 0.15) is 5.56 Å². The monoisotopic (exact) mass is 269 g/mol. The van der Waals surface area contributed by atoms with Crippen LogP contribution < -0.4 is 10.8 Å². The Morgan fingerprint density at radius 2 is 2.22 bits per heavy atom. The van der Waals surface area contributed by atoms with E-state index >= 15 is 0 Å². The summed E-state index contributed by atoms with van der Waals surface area (Å²) in [6.07, 6.45) is 0. The van der Waals surface area contributed by atoms with Crippen LogP contribution in [0.4, 0.5) is 10.5 Å². The lowest BCUT2D eigenvalue weighted by atomic mass is 10.2. The van der Waals surface area contributed by atoms with Gasteiger partial charge < -0.3 is 10.4 Å². The van der Waals surface area contributed by atoms with Crippen molar-refractivity contribution in [2.24, 2.45) is 0 Å². The van der Waals surface area contributed by atoms with Crippen molar-refractivity contribution in [2.75, 3.05) is 11.9 Å². The van der Waals surface area contributed by atoms with Crippen LogP contribution in [0.3, 0.4) is 0 Å². The van der Waals surface area contributed by atoms with Gasteiger partial charge in [0.2, 0.25) is 0 Å². The zero-order valence-corrected chi connectivity index (χ0v) is 9.69. The molecule has 0 aliphatic heterocycles. The van der Waals surface area contributed by atoms with E-state index in [1.165, 1.54) is 18.2 Å². The number of carbonyl (C=O) groups is 2. The van der Waals surface area contributed by atoms with Crippen molar-refractivity contribution in [3.8, 4) is 6.07 Å². The summed E-state index contributed by atoms with van der Waals surface area (Å²) in [6, 6.07) is 5.41. The van der Waals surface area contributed by atoms with Crippen LogP contribution in [0, 0.1) is 11.3 Å². The molecule has 0 saturated heterocycles. The number of hydroxylamine groups is 1. The average Bonchev–Trinajstić information content (AvgIpc) is 2.31. The highest BCUT2D eigenvalue weighted by atomic mass is 35.5. The van der Waals surface area contributed by atoms with E-state index in [1.54, 1.807) is 0 Å². The molecule has 0 saturated carbocycles. The van der Waals surface area contributed by atoms with Gasteiger partial charge >= 0.3 is 12.0 Å². The number of aliphatic carboxylic acids is 1. The fraction of sp³-hybridized carbons (Fsp3) is 0.100. The predicted molar refractivity (Wildman–Crippen MR) is 61.9 cm³/mol. The maximum absolute atomic E-state index is 11.3.